The summed E-state index contributed by atoms with van der Waals surface area (Å²) in [5, 5.41) is 10.4. The largest absolute Gasteiger partial charge is 0.335 e. The summed E-state index contributed by atoms with van der Waals surface area (Å²) in [5.41, 5.74) is 1.59. The third kappa shape index (κ3) is 3.43. The number of imide groups is 1. The van der Waals surface area contributed by atoms with Gasteiger partial charge < -0.3 is 5.32 Å². The zero-order valence-corrected chi connectivity index (χ0v) is 19.1. The number of anilines is 1. The SMILES string of the molecule is CC1=C(Nc2nc(-c3ccc(C)s3)nc3scc(-c4cccs4)c23)C(=O)NC1=O.Cl. The summed E-state index contributed by atoms with van der Waals surface area (Å²) in [4.78, 5) is 37.7. The van der Waals surface area contributed by atoms with Crippen LogP contribution in [-0.4, -0.2) is 21.8 Å². The van der Waals surface area contributed by atoms with E-state index in [4.69, 9.17) is 9.97 Å². The number of aryl methyl sites for hydroxylation is 1. The van der Waals surface area contributed by atoms with Crippen LogP contribution in [0.15, 0.2) is 46.3 Å². The Kier molecular flexibility index (Phi) is 5.46. The second-order valence-electron chi connectivity index (χ2n) is 6.52. The molecule has 4 aromatic rings. The first-order chi connectivity index (χ1) is 14.0. The fourth-order valence-electron chi connectivity index (χ4n) is 3.12. The number of carbonyl (C=O) groups excluding carboxylic acids is 2. The monoisotopic (exact) mass is 474 g/mol. The maximum absolute atomic E-state index is 12.3. The Morgan fingerprint density at radius 3 is 2.47 bits per heavy atom. The number of hydrogen-bond acceptors (Lipinski definition) is 8. The van der Waals surface area contributed by atoms with E-state index in [1.807, 2.05) is 36.6 Å². The molecule has 0 aliphatic carbocycles. The number of fused-ring (bicyclic) bond motifs is 1. The number of nitrogens with zero attached hydrogens (tertiary/aromatic N) is 2. The van der Waals surface area contributed by atoms with Crippen molar-refractivity contribution < 1.29 is 9.59 Å². The lowest BCUT2D eigenvalue weighted by atomic mass is 10.2. The summed E-state index contributed by atoms with van der Waals surface area (Å²) in [6, 6.07) is 8.07. The molecule has 1 aliphatic heterocycles. The topological polar surface area (TPSA) is 84.0 Å². The van der Waals surface area contributed by atoms with E-state index in [0.29, 0.717) is 17.2 Å². The normalized spacial score (nSPS) is 13.7. The molecule has 0 saturated carbocycles. The average molecular weight is 475 g/mol. The van der Waals surface area contributed by atoms with Gasteiger partial charge in [0.2, 0.25) is 0 Å². The zero-order valence-electron chi connectivity index (χ0n) is 15.8. The van der Waals surface area contributed by atoms with Crippen LogP contribution in [0.4, 0.5) is 5.82 Å². The zero-order chi connectivity index (χ0) is 20.1. The molecule has 0 fully saturated rings. The van der Waals surface area contributed by atoms with Gasteiger partial charge in [0.05, 0.1) is 10.3 Å². The first kappa shape index (κ1) is 20.7. The van der Waals surface area contributed by atoms with Crippen LogP contribution >= 0.6 is 46.4 Å². The maximum atomic E-state index is 12.3. The fraction of sp³-hybridized carbons (Fsp3) is 0.100. The predicted molar refractivity (Wildman–Crippen MR) is 125 cm³/mol. The van der Waals surface area contributed by atoms with Crippen LogP contribution in [0.1, 0.15) is 11.8 Å². The van der Waals surface area contributed by atoms with Crippen molar-refractivity contribution in [2.45, 2.75) is 13.8 Å². The van der Waals surface area contributed by atoms with Gasteiger partial charge in [0.15, 0.2) is 5.82 Å². The van der Waals surface area contributed by atoms with E-state index in [0.717, 1.165) is 25.5 Å². The van der Waals surface area contributed by atoms with Crippen LogP contribution in [0, 0.1) is 6.92 Å². The Labute approximate surface area is 190 Å². The van der Waals surface area contributed by atoms with Crippen molar-refractivity contribution in [2.75, 3.05) is 5.32 Å². The maximum Gasteiger partial charge on any atom is 0.275 e. The molecule has 0 saturated heterocycles. The molecule has 2 N–H and O–H groups in total. The van der Waals surface area contributed by atoms with Gasteiger partial charge in [0.25, 0.3) is 11.8 Å². The molecule has 0 unspecified atom stereocenters. The molecule has 2 amide bonds. The average Bonchev–Trinajstić information content (AvgIpc) is 3.46. The number of rotatable bonds is 4. The van der Waals surface area contributed by atoms with Gasteiger partial charge in [-0.15, -0.1) is 46.4 Å². The smallest absolute Gasteiger partial charge is 0.275 e. The minimum atomic E-state index is -0.444. The number of hydrogen-bond donors (Lipinski definition) is 2. The third-order valence-electron chi connectivity index (χ3n) is 4.59. The Balaban J connectivity index is 0.00000218. The summed E-state index contributed by atoms with van der Waals surface area (Å²) in [6.45, 7) is 3.66. The van der Waals surface area contributed by atoms with Crippen molar-refractivity contribution in [1.82, 2.24) is 15.3 Å². The van der Waals surface area contributed by atoms with E-state index >= 15 is 0 Å². The van der Waals surface area contributed by atoms with Crippen molar-refractivity contribution in [3.63, 3.8) is 0 Å². The first-order valence-corrected chi connectivity index (χ1v) is 11.3. The minimum absolute atomic E-state index is 0. The summed E-state index contributed by atoms with van der Waals surface area (Å²) in [5.74, 6) is 0.293. The lowest BCUT2D eigenvalue weighted by molar-refractivity contribution is -0.124. The third-order valence-corrected chi connectivity index (χ3v) is 7.37. The van der Waals surface area contributed by atoms with E-state index in [-0.39, 0.29) is 24.0 Å². The summed E-state index contributed by atoms with van der Waals surface area (Å²) < 4.78 is 0. The second kappa shape index (κ2) is 7.92. The van der Waals surface area contributed by atoms with Gasteiger partial charge in [-0.05, 0) is 37.4 Å². The number of amides is 2. The number of nitrogens with one attached hydrogen (secondary N) is 2. The van der Waals surface area contributed by atoms with Crippen LogP contribution in [-0.2, 0) is 9.59 Å². The predicted octanol–water partition coefficient (Wildman–Crippen LogP) is 5.22. The molecular weight excluding hydrogens is 460 g/mol. The van der Waals surface area contributed by atoms with Gasteiger partial charge in [-0.3, -0.25) is 14.9 Å². The molecule has 5 rings (SSSR count). The number of carbonyl (C=O) groups is 2. The van der Waals surface area contributed by atoms with Gasteiger partial charge >= 0.3 is 0 Å². The molecule has 30 heavy (non-hydrogen) atoms. The lowest BCUT2D eigenvalue weighted by Crippen LogP contribution is -2.24. The fourth-order valence-corrected chi connectivity index (χ4v) is 5.69. The van der Waals surface area contributed by atoms with E-state index < -0.39 is 5.91 Å². The Morgan fingerprint density at radius 1 is 1.00 bits per heavy atom. The van der Waals surface area contributed by atoms with Crippen LogP contribution in [0.3, 0.4) is 0 Å². The van der Waals surface area contributed by atoms with Crippen molar-refractivity contribution in [3.8, 4) is 21.1 Å². The van der Waals surface area contributed by atoms with Crippen LogP contribution in [0.2, 0.25) is 0 Å². The number of aromatic nitrogens is 2. The van der Waals surface area contributed by atoms with E-state index in [9.17, 15) is 9.59 Å². The highest BCUT2D eigenvalue weighted by Crippen LogP contribution is 2.41. The molecular formula is C20H15ClN4O2S3. The molecule has 0 atom stereocenters. The molecule has 0 spiro atoms. The lowest BCUT2D eigenvalue weighted by Gasteiger charge is -2.10. The molecule has 0 bridgehead atoms. The van der Waals surface area contributed by atoms with Crippen LogP contribution in [0.5, 0.6) is 0 Å². The highest BCUT2D eigenvalue weighted by atomic mass is 35.5. The molecule has 4 aromatic heterocycles. The molecule has 1 aliphatic rings. The van der Waals surface area contributed by atoms with Crippen LogP contribution < -0.4 is 10.6 Å². The minimum Gasteiger partial charge on any atom is -0.335 e. The van der Waals surface area contributed by atoms with Gasteiger partial charge in [-0.25, -0.2) is 9.97 Å². The highest BCUT2D eigenvalue weighted by molar-refractivity contribution is 7.19. The molecule has 0 aromatic carbocycles. The molecule has 152 valence electrons. The summed E-state index contributed by atoms with van der Waals surface area (Å²) in [7, 11) is 0. The molecule has 10 heteroatoms. The van der Waals surface area contributed by atoms with Gasteiger partial charge in [-0.2, -0.15) is 0 Å². The van der Waals surface area contributed by atoms with E-state index in [1.165, 1.54) is 16.2 Å². The molecule has 0 radical (unpaired) electrons. The summed E-state index contributed by atoms with van der Waals surface area (Å²) >= 11 is 4.79. The number of thiophene rings is 3. The standard InChI is InChI=1S/C20H14N4O2S3.ClH/c1-9-5-6-13(29-9)16-22-17(21-15-10(2)18(25)24-19(15)26)14-11(8-28-20(14)23-16)12-4-3-7-27-12;/h3-8H,1-2H3,(H2,21,22,23,24,25,26);1H. The van der Waals surface area contributed by atoms with Gasteiger partial charge in [-0.1, -0.05) is 6.07 Å². The summed E-state index contributed by atoms with van der Waals surface area (Å²) in [6.07, 6.45) is 0. The van der Waals surface area contributed by atoms with Crippen LogP contribution in [0.25, 0.3) is 31.4 Å². The van der Waals surface area contributed by atoms with Crippen molar-refractivity contribution in [3.05, 3.63) is 51.2 Å². The van der Waals surface area contributed by atoms with Gasteiger partial charge in [0, 0.05) is 26.3 Å². The molecule has 5 heterocycles. The quantitative estimate of drug-likeness (QED) is 0.396. The van der Waals surface area contributed by atoms with E-state index in [1.54, 1.807) is 29.6 Å². The van der Waals surface area contributed by atoms with Gasteiger partial charge in [0.1, 0.15) is 16.3 Å². The highest BCUT2D eigenvalue weighted by Gasteiger charge is 2.29. The van der Waals surface area contributed by atoms with Crippen molar-refractivity contribution in [1.29, 1.82) is 0 Å². The Bertz CT molecular complexity index is 1320. The second-order valence-corrected chi connectivity index (χ2v) is 9.61. The Hall–Kier alpha value is -2.59. The first-order valence-electron chi connectivity index (χ1n) is 8.75. The number of halogens is 1. The van der Waals surface area contributed by atoms with E-state index in [2.05, 4.69) is 16.0 Å². The Morgan fingerprint density at radius 2 is 1.83 bits per heavy atom. The van der Waals surface area contributed by atoms with Crippen molar-refractivity contribution >= 4 is 74.3 Å². The van der Waals surface area contributed by atoms with Crippen molar-refractivity contribution in [2.24, 2.45) is 0 Å². The molecule has 6 nitrogen and oxygen atoms in total.